The van der Waals surface area contributed by atoms with Crippen molar-refractivity contribution < 1.29 is 13.2 Å². The molecule has 1 aromatic carbocycles. The van der Waals surface area contributed by atoms with Crippen molar-refractivity contribution in [2.45, 2.75) is 25.3 Å². The summed E-state index contributed by atoms with van der Waals surface area (Å²) in [5, 5.41) is 4.27. The van der Waals surface area contributed by atoms with E-state index in [-0.39, 0.29) is 11.6 Å². The summed E-state index contributed by atoms with van der Waals surface area (Å²) in [4.78, 5) is 0. The van der Waals surface area contributed by atoms with Gasteiger partial charge in [0.05, 0.1) is 11.6 Å². The van der Waals surface area contributed by atoms with E-state index in [2.05, 4.69) is 5.10 Å². The molecule has 0 N–H and O–H groups in total. The van der Waals surface area contributed by atoms with Crippen molar-refractivity contribution in [3.63, 3.8) is 0 Å². The van der Waals surface area contributed by atoms with Gasteiger partial charge in [-0.3, -0.25) is 5.01 Å². The van der Waals surface area contributed by atoms with E-state index in [0.29, 0.717) is 12.1 Å². The van der Waals surface area contributed by atoms with Crippen LogP contribution in [0.4, 0.5) is 13.2 Å². The van der Waals surface area contributed by atoms with Gasteiger partial charge < -0.3 is 0 Å². The van der Waals surface area contributed by atoms with Crippen molar-refractivity contribution in [3.8, 4) is 0 Å². The molecule has 1 aromatic rings. The van der Waals surface area contributed by atoms with Gasteiger partial charge in [0, 0.05) is 6.54 Å². The molecule has 1 aliphatic rings. The van der Waals surface area contributed by atoms with Crippen molar-refractivity contribution in [2.24, 2.45) is 5.10 Å². The number of hydrogen-bond donors (Lipinski definition) is 0. The predicted molar refractivity (Wildman–Crippen MR) is 72.4 cm³/mol. The lowest BCUT2D eigenvalue weighted by Crippen LogP contribution is -2.41. The molecule has 0 bridgehead atoms. The number of hydrogen-bond acceptors (Lipinski definition) is 3. The Bertz CT molecular complexity index is 468. The van der Waals surface area contributed by atoms with Gasteiger partial charge in [0.1, 0.15) is 5.25 Å². The van der Waals surface area contributed by atoms with Crippen LogP contribution in [0.1, 0.15) is 18.1 Å². The van der Waals surface area contributed by atoms with Gasteiger partial charge in [-0.2, -0.15) is 18.3 Å². The summed E-state index contributed by atoms with van der Waals surface area (Å²) in [7, 11) is 0. The quantitative estimate of drug-likeness (QED) is 0.825. The molecular formula is C13H15F3N2S. The van der Waals surface area contributed by atoms with Crippen molar-refractivity contribution in [1.29, 1.82) is 0 Å². The molecule has 0 amide bonds. The van der Waals surface area contributed by atoms with Crippen LogP contribution >= 0.6 is 11.8 Å². The summed E-state index contributed by atoms with van der Waals surface area (Å²) >= 11 is 0.880. The van der Waals surface area contributed by atoms with E-state index in [0.717, 1.165) is 17.3 Å². The molecule has 2 rings (SSSR count). The van der Waals surface area contributed by atoms with Crippen molar-refractivity contribution in [2.75, 3.05) is 12.4 Å². The number of hydrazone groups is 1. The van der Waals surface area contributed by atoms with E-state index in [1.807, 2.05) is 13.8 Å². The standard InChI is InChI=1S/C13H15F3N2S/c1-3-18-8-19-12(13(14,15)16)11(17-18)10-6-4-9(2)5-7-10/h4-7,12H,3,8H2,1-2H3. The van der Waals surface area contributed by atoms with Crippen LogP contribution in [0.25, 0.3) is 0 Å². The topological polar surface area (TPSA) is 15.6 Å². The lowest BCUT2D eigenvalue weighted by atomic mass is 10.1. The highest BCUT2D eigenvalue weighted by Gasteiger charge is 2.46. The molecule has 6 heteroatoms. The molecule has 2 nitrogen and oxygen atoms in total. The summed E-state index contributed by atoms with van der Waals surface area (Å²) in [5.41, 5.74) is 1.66. The first kappa shape index (κ1) is 14.2. The number of halogens is 3. The lowest BCUT2D eigenvalue weighted by molar-refractivity contribution is -0.116. The van der Waals surface area contributed by atoms with Crippen LogP contribution in [0.15, 0.2) is 29.4 Å². The van der Waals surface area contributed by atoms with Crippen molar-refractivity contribution in [1.82, 2.24) is 5.01 Å². The maximum Gasteiger partial charge on any atom is 0.406 e. The van der Waals surface area contributed by atoms with Gasteiger partial charge in [0.25, 0.3) is 0 Å². The van der Waals surface area contributed by atoms with Crippen molar-refractivity contribution >= 4 is 17.5 Å². The zero-order valence-electron chi connectivity index (χ0n) is 10.7. The SMILES string of the molecule is CCN1CSC(C(F)(F)F)C(c2ccc(C)cc2)=N1. The smallest absolute Gasteiger partial charge is 0.287 e. The molecule has 0 aromatic heterocycles. The van der Waals surface area contributed by atoms with Crippen LogP contribution in [0.2, 0.25) is 0 Å². The largest absolute Gasteiger partial charge is 0.406 e. The third-order valence-corrected chi connectivity index (χ3v) is 4.17. The zero-order chi connectivity index (χ0) is 14.0. The molecule has 0 spiro atoms. The maximum atomic E-state index is 13.1. The third-order valence-electron chi connectivity index (χ3n) is 2.90. The van der Waals surface area contributed by atoms with Crippen LogP contribution in [-0.4, -0.2) is 34.6 Å². The molecule has 1 atom stereocenters. The van der Waals surface area contributed by atoms with Crippen LogP contribution in [-0.2, 0) is 0 Å². The second kappa shape index (κ2) is 5.45. The van der Waals surface area contributed by atoms with Gasteiger partial charge in [-0.15, -0.1) is 11.8 Å². The summed E-state index contributed by atoms with van der Waals surface area (Å²) in [6.07, 6.45) is -4.27. The molecule has 0 saturated carbocycles. The fourth-order valence-corrected chi connectivity index (χ4v) is 2.91. The molecule has 1 unspecified atom stereocenters. The highest BCUT2D eigenvalue weighted by Crippen LogP contribution is 2.36. The second-order valence-electron chi connectivity index (χ2n) is 4.39. The van der Waals surface area contributed by atoms with E-state index in [4.69, 9.17) is 0 Å². The first-order chi connectivity index (χ1) is 8.91. The minimum atomic E-state index is -4.27. The Balaban J connectivity index is 2.40. The second-order valence-corrected chi connectivity index (χ2v) is 5.45. The molecule has 0 aliphatic carbocycles. The number of benzene rings is 1. The average Bonchev–Trinajstić information content (AvgIpc) is 2.38. The first-order valence-electron chi connectivity index (χ1n) is 6.00. The normalized spacial score (nSPS) is 20.4. The Morgan fingerprint density at radius 2 is 1.95 bits per heavy atom. The highest BCUT2D eigenvalue weighted by atomic mass is 32.2. The Morgan fingerprint density at radius 3 is 2.47 bits per heavy atom. The van der Waals surface area contributed by atoms with Crippen LogP contribution in [0.3, 0.4) is 0 Å². The summed E-state index contributed by atoms with van der Waals surface area (Å²) in [6, 6.07) is 7.01. The Labute approximate surface area is 114 Å². The lowest BCUT2D eigenvalue weighted by Gasteiger charge is -2.31. The van der Waals surface area contributed by atoms with E-state index >= 15 is 0 Å². The number of alkyl halides is 3. The van der Waals surface area contributed by atoms with Gasteiger partial charge in [-0.1, -0.05) is 29.8 Å². The molecule has 1 aliphatic heterocycles. The zero-order valence-corrected chi connectivity index (χ0v) is 11.6. The number of nitrogens with zero attached hydrogens (tertiary/aromatic N) is 2. The fourth-order valence-electron chi connectivity index (χ4n) is 1.82. The first-order valence-corrected chi connectivity index (χ1v) is 7.05. The number of aryl methyl sites for hydroxylation is 1. The third kappa shape index (κ3) is 3.23. The van der Waals surface area contributed by atoms with Crippen molar-refractivity contribution in [3.05, 3.63) is 35.4 Å². The molecule has 0 radical (unpaired) electrons. The summed E-state index contributed by atoms with van der Waals surface area (Å²) in [6.45, 7) is 4.39. The van der Waals surface area contributed by atoms with Gasteiger partial charge in [0.15, 0.2) is 0 Å². The predicted octanol–water partition coefficient (Wildman–Crippen LogP) is 3.66. The van der Waals surface area contributed by atoms with E-state index in [1.165, 1.54) is 0 Å². The minimum Gasteiger partial charge on any atom is -0.287 e. The average molecular weight is 288 g/mol. The van der Waals surface area contributed by atoms with Crippen LogP contribution < -0.4 is 0 Å². The fraction of sp³-hybridized carbons (Fsp3) is 0.462. The highest BCUT2D eigenvalue weighted by molar-refractivity contribution is 8.00. The summed E-state index contributed by atoms with van der Waals surface area (Å²) in [5.74, 6) is 0.274. The molecule has 19 heavy (non-hydrogen) atoms. The monoisotopic (exact) mass is 288 g/mol. The summed E-state index contributed by atoms with van der Waals surface area (Å²) < 4.78 is 39.2. The van der Waals surface area contributed by atoms with Gasteiger partial charge >= 0.3 is 6.18 Å². The van der Waals surface area contributed by atoms with Crippen LogP contribution in [0, 0.1) is 6.92 Å². The van der Waals surface area contributed by atoms with Gasteiger partial charge in [-0.05, 0) is 19.4 Å². The van der Waals surface area contributed by atoms with E-state index in [9.17, 15) is 13.2 Å². The van der Waals surface area contributed by atoms with Gasteiger partial charge in [-0.25, -0.2) is 0 Å². The number of rotatable bonds is 2. The van der Waals surface area contributed by atoms with E-state index in [1.54, 1.807) is 29.3 Å². The molecule has 0 fully saturated rings. The maximum absolute atomic E-state index is 13.1. The molecular weight excluding hydrogens is 273 g/mol. The molecule has 0 saturated heterocycles. The number of thioether (sulfide) groups is 1. The Kier molecular flexibility index (Phi) is 4.08. The Morgan fingerprint density at radius 1 is 1.32 bits per heavy atom. The Hall–Kier alpha value is -1.17. The van der Waals surface area contributed by atoms with Gasteiger partial charge in [0.2, 0.25) is 0 Å². The molecule has 104 valence electrons. The molecule has 1 heterocycles. The van der Waals surface area contributed by atoms with E-state index < -0.39 is 11.4 Å². The van der Waals surface area contributed by atoms with Crippen LogP contribution in [0.5, 0.6) is 0 Å². The minimum absolute atomic E-state index is 0.102.